The number of phenolic OH excluding ortho intramolecular Hbond substituents is 1. The van der Waals surface area contributed by atoms with Crippen LogP contribution in [-0.4, -0.2) is 41.2 Å². The van der Waals surface area contributed by atoms with Gasteiger partial charge in [0.25, 0.3) is 0 Å². The van der Waals surface area contributed by atoms with E-state index in [1.807, 2.05) is 12.1 Å². The van der Waals surface area contributed by atoms with E-state index in [1.54, 1.807) is 25.6 Å². The minimum atomic E-state index is -0.254. The Morgan fingerprint density at radius 3 is 2.52 bits per heavy atom. The second-order valence-corrected chi connectivity index (χ2v) is 12.5. The van der Waals surface area contributed by atoms with Gasteiger partial charge in [0, 0.05) is 16.9 Å². The van der Waals surface area contributed by atoms with Crippen molar-refractivity contribution in [3.8, 4) is 22.9 Å². The summed E-state index contributed by atoms with van der Waals surface area (Å²) in [6, 6.07) is 14.7. The first-order valence-electron chi connectivity index (χ1n) is 15.1. The Bertz CT molecular complexity index is 1630. The maximum atomic E-state index is 13.0. The molecule has 6 rings (SSSR count). The molecule has 2 fully saturated rings. The Balaban J connectivity index is 1.21. The van der Waals surface area contributed by atoms with Crippen molar-refractivity contribution >= 4 is 16.6 Å². The number of carbonyl (C=O) groups excluding carboxylic acids is 1. The molecule has 1 aliphatic carbocycles. The molecule has 1 aromatic heterocycles. The van der Waals surface area contributed by atoms with E-state index in [-0.39, 0.29) is 11.3 Å². The molecule has 218 valence electrons. The maximum Gasteiger partial charge on any atom is 0.232 e. The van der Waals surface area contributed by atoms with Crippen molar-refractivity contribution in [1.29, 1.82) is 0 Å². The summed E-state index contributed by atoms with van der Waals surface area (Å²) in [5.74, 6) is 1.88. The van der Waals surface area contributed by atoms with Crippen molar-refractivity contribution in [2.24, 2.45) is 11.3 Å². The average Bonchev–Trinajstić information content (AvgIpc) is 2.99. The number of hydrogen-bond donors (Lipinski definition) is 1. The topological polar surface area (TPSA) is 81.5 Å². The summed E-state index contributed by atoms with van der Waals surface area (Å²) in [5.41, 5.74) is 7.74. The quantitative estimate of drug-likeness (QED) is 0.242. The number of aromatic nitrogens is 2. The molecule has 3 aromatic carbocycles. The summed E-state index contributed by atoms with van der Waals surface area (Å²) >= 11 is 0. The van der Waals surface area contributed by atoms with Crippen LogP contribution in [0.5, 0.6) is 11.6 Å². The normalized spacial score (nSPS) is 19.8. The van der Waals surface area contributed by atoms with Crippen molar-refractivity contribution in [2.45, 2.75) is 65.2 Å². The van der Waals surface area contributed by atoms with Gasteiger partial charge in [-0.25, -0.2) is 4.98 Å². The number of Topliss-reactive ketones (excluding diaryl/α,β-unsaturated/α-hetero) is 1. The zero-order valence-corrected chi connectivity index (χ0v) is 25.1. The van der Waals surface area contributed by atoms with E-state index >= 15 is 0 Å². The van der Waals surface area contributed by atoms with Crippen LogP contribution in [0, 0.1) is 25.2 Å². The van der Waals surface area contributed by atoms with Crippen molar-refractivity contribution in [1.82, 2.24) is 9.97 Å². The third-order valence-corrected chi connectivity index (χ3v) is 9.60. The molecule has 6 nitrogen and oxygen atoms in total. The minimum absolute atomic E-state index is 0.183. The number of phenols is 1. The Hall–Kier alpha value is -3.77. The number of methoxy groups -OCH3 is 1. The van der Waals surface area contributed by atoms with Crippen LogP contribution in [0.4, 0.5) is 0 Å². The van der Waals surface area contributed by atoms with E-state index < -0.39 is 0 Å². The molecule has 2 heterocycles. The van der Waals surface area contributed by atoms with Gasteiger partial charge in [-0.2, -0.15) is 0 Å². The minimum Gasteiger partial charge on any atom is -0.507 e. The summed E-state index contributed by atoms with van der Waals surface area (Å²) in [6.07, 6.45) is 9.11. The maximum absolute atomic E-state index is 13.0. The lowest BCUT2D eigenvalue weighted by atomic mass is 9.70. The molecular weight excluding hydrogens is 524 g/mol. The number of fused-ring (bicyclic) bond motifs is 1. The summed E-state index contributed by atoms with van der Waals surface area (Å²) in [7, 11) is 1.59. The first-order chi connectivity index (χ1) is 20.3. The standard InChI is InChI=1S/C36H40N2O4/c1-22-16-24(8-14-28(22)25-10-12-26(13-11-25)35(40)36(3)20-42-21-36)9-15-29-23(2)30(31-18-37-19-33(38-31)41-4)17-27-6-5-7-32(39)34(27)29/h5-8,14,16-19,25-26,39H,9-13,15,20-21H2,1-4H3. The van der Waals surface area contributed by atoms with Gasteiger partial charge in [-0.15, -0.1) is 0 Å². The van der Waals surface area contributed by atoms with E-state index in [9.17, 15) is 9.90 Å². The van der Waals surface area contributed by atoms with Crippen molar-refractivity contribution < 1.29 is 19.4 Å². The van der Waals surface area contributed by atoms with Crippen LogP contribution in [0.15, 0.2) is 54.9 Å². The van der Waals surface area contributed by atoms with Gasteiger partial charge in [0.15, 0.2) is 0 Å². The predicted molar refractivity (Wildman–Crippen MR) is 165 cm³/mol. The fourth-order valence-electron chi connectivity index (χ4n) is 7.11. The number of rotatable bonds is 8. The third kappa shape index (κ3) is 5.29. The fraction of sp³-hybridized carbons (Fsp3) is 0.417. The molecule has 2 aliphatic rings. The molecule has 0 spiro atoms. The van der Waals surface area contributed by atoms with Gasteiger partial charge in [-0.05, 0) is 111 Å². The summed E-state index contributed by atoms with van der Waals surface area (Å²) in [5, 5.41) is 12.8. The van der Waals surface area contributed by atoms with Crippen molar-refractivity contribution in [3.05, 3.63) is 82.7 Å². The zero-order valence-electron chi connectivity index (χ0n) is 25.1. The molecule has 1 saturated carbocycles. The van der Waals surface area contributed by atoms with Crippen LogP contribution in [0.2, 0.25) is 0 Å². The molecular formula is C36H40N2O4. The highest BCUT2D eigenvalue weighted by atomic mass is 16.5. The lowest BCUT2D eigenvalue weighted by molar-refractivity contribution is -0.160. The van der Waals surface area contributed by atoms with Crippen LogP contribution < -0.4 is 4.74 Å². The Labute approximate surface area is 248 Å². The molecule has 0 amide bonds. The number of aromatic hydroxyl groups is 1. The van der Waals surface area contributed by atoms with E-state index in [2.05, 4.69) is 55.0 Å². The van der Waals surface area contributed by atoms with Crippen LogP contribution in [0.3, 0.4) is 0 Å². The van der Waals surface area contributed by atoms with Crippen LogP contribution in [-0.2, 0) is 22.4 Å². The molecule has 1 aliphatic heterocycles. The number of nitrogens with zero attached hydrogens (tertiary/aromatic N) is 2. The van der Waals surface area contributed by atoms with E-state index in [0.717, 1.165) is 71.7 Å². The lowest BCUT2D eigenvalue weighted by Gasteiger charge is -2.40. The second-order valence-electron chi connectivity index (χ2n) is 12.5. The summed E-state index contributed by atoms with van der Waals surface area (Å²) in [4.78, 5) is 22.0. The highest BCUT2D eigenvalue weighted by Gasteiger charge is 2.44. The number of carbonyl (C=O) groups is 1. The zero-order chi connectivity index (χ0) is 29.4. The molecule has 1 saturated heterocycles. The van der Waals surface area contributed by atoms with Crippen molar-refractivity contribution in [3.63, 3.8) is 0 Å². The predicted octanol–water partition coefficient (Wildman–Crippen LogP) is 7.29. The van der Waals surface area contributed by atoms with Crippen LogP contribution >= 0.6 is 0 Å². The van der Waals surface area contributed by atoms with Gasteiger partial charge in [0.2, 0.25) is 5.88 Å². The molecule has 0 radical (unpaired) electrons. The van der Waals surface area contributed by atoms with E-state index in [4.69, 9.17) is 9.47 Å². The number of benzene rings is 3. The van der Waals surface area contributed by atoms with Crippen molar-refractivity contribution in [2.75, 3.05) is 20.3 Å². The van der Waals surface area contributed by atoms with Gasteiger partial charge in [-0.1, -0.05) is 30.3 Å². The largest absolute Gasteiger partial charge is 0.507 e. The second kappa shape index (κ2) is 11.5. The third-order valence-electron chi connectivity index (χ3n) is 9.60. The van der Waals surface area contributed by atoms with Gasteiger partial charge in [0.05, 0.1) is 43.8 Å². The summed E-state index contributed by atoms with van der Waals surface area (Å²) < 4.78 is 10.7. The van der Waals surface area contributed by atoms with Crippen LogP contribution in [0.25, 0.3) is 22.0 Å². The number of ether oxygens (including phenoxy) is 2. The number of ketones is 1. The number of aryl methyl sites for hydroxylation is 3. The average molecular weight is 565 g/mol. The van der Waals surface area contributed by atoms with E-state index in [0.29, 0.717) is 36.5 Å². The monoisotopic (exact) mass is 564 g/mol. The Morgan fingerprint density at radius 2 is 1.83 bits per heavy atom. The highest BCUT2D eigenvalue weighted by molar-refractivity contribution is 5.96. The smallest absolute Gasteiger partial charge is 0.232 e. The molecule has 0 unspecified atom stereocenters. The molecule has 0 bridgehead atoms. The molecule has 6 heteroatoms. The summed E-state index contributed by atoms with van der Waals surface area (Å²) in [6.45, 7) is 7.55. The molecule has 4 aromatic rings. The van der Waals surface area contributed by atoms with Gasteiger partial charge in [0.1, 0.15) is 11.5 Å². The number of hydrogen-bond acceptors (Lipinski definition) is 6. The van der Waals surface area contributed by atoms with Gasteiger partial charge in [-0.3, -0.25) is 9.78 Å². The molecule has 1 N–H and O–H groups in total. The molecule has 0 atom stereocenters. The molecule has 42 heavy (non-hydrogen) atoms. The lowest BCUT2D eigenvalue weighted by Crippen LogP contribution is -2.49. The Morgan fingerprint density at radius 1 is 1.05 bits per heavy atom. The first kappa shape index (κ1) is 28.4. The van der Waals surface area contributed by atoms with Crippen LogP contribution in [0.1, 0.15) is 66.3 Å². The van der Waals surface area contributed by atoms with Gasteiger partial charge >= 0.3 is 0 Å². The first-order valence-corrected chi connectivity index (χ1v) is 15.1. The highest BCUT2D eigenvalue weighted by Crippen LogP contribution is 2.42. The SMILES string of the molecule is COc1cncc(-c2cc3cccc(O)c3c(CCc3ccc(C4CCC(C(=O)C5(C)COC5)CC4)c(C)c3)c2C)n1. The van der Waals surface area contributed by atoms with E-state index in [1.165, 1.54) is 16.7 Å². The fourth-order valence-corrected chi connectivity index (χ4v) is 7.11. The Kier molecular flexibility index (Phi) is 7.75. The van der Waals surface area contributed by atoms with Gasteiger partial charge < -0.3 is 14.6 Å².